The van der Waals surface area contributed by atoms with Crippen LogP contribution < -0.4 is 11.2 Å². The first-order valence-electron chi connectivity index (χ1n) is 10.9. The molecular weight excluding hydrogens is 418 g/mol. The summed E-state index contributed by atoms with van der Waals surface area (Å²) in [6.07, 6.45) is 3.11. The number of fused-ring (bicyclic) bond motifs is 1. The predicted molar refractivity (Wildman–Crippen MR) is 124 cm³/mol. The van der Waals surface area contributed by atoms with Gasteiger partial charge in [0.2, 0.25) is 0 Å². The van der Waals surface area contributed by atoms with Crippen LogP contribution in [0.25, 0.3) is 16.9 Å². The van der Waals surface area contributed by atoms with Crippen LogP contribution >= 0.6 is 0 Å². The van der Waals surface area contributed by atoms with Gasteiger partial charge in [-0.3, -0.25) is 9.36 Å². The highest BCUT2D eigenvalue weighted by Crippen LogP contribution is 2.19. The van der Waals surface area contributed by atoms with Crippen LogP contribution in [0, 0.1) is 18.3 Å². The molecular formula is C25H23N5O3. The lowest BCUT2D eigenvalue weighted by Crippen LogP contribution is -2.42. The van der Waals surface area contributed by atoms with Gasteiger partial charge in [0.05, 0.1) is 42.8 Å². The minimum Gasteiger partial charge on any atom is -0.376 e. The van der Waals surface area contributed by atoms with Gasteiger partial charge in [0.1, 0.15) is 0 Å². The molecule has 1 aliphatic heterocycles. The second kappa shape index (κ2) is 8.52. The van der Waals surface area contributed by atoms with E-state index in [1.165, 1.54) is 9.13 Å². The first-order chi connectivity index (χ1) is 16.1. The summed E-state index contributed by atoms with van der Waals surface area (Å²) >= 11 is 0. The second-order valence-corrected chi connectivity index (χ2v) is 8.27. The van der Waals surface area contributed by atoms with E-state index in [9.17, 15) is 14.9 Å². The lowest BCUT2D eigenvalue weighted by Gasteiger charge is -2.16. The number of imidazole rings is 1. The summed E-state index contributed by atoms with van der Waals surface area (Å²) in [6, 6.07) is 17.0. The molecule has 2 aromatic heterocycles. The number of nitriles is 1. The van der Waals surface area contributed by atoms with Crippen molar-refractivity contribution < 1.29 is 4.74 Å². The Kier molecular flexibility index (Phi) is 5.40. The van der Waals surface area contributed by atoms with E-state index in [-0.39, 0.29) is 12.6 Å². The van der Waals surface area contributed by atoms with Crippen LogP contribution in [0.4, 0.5) is 0 Å². The molecule has 0 spiro atoms. The minimum absolute atomic E-state index is 0.172. The van der Waals surface area contributed by atoms with Gasteiger partial charge in [0.25, 0.3) is 5.56 Å². The summed E-state index contributed by atoms with van der Waals surface area (Å²) in [7, 11) is 0. The summed E-state index contributed by atoms with van der Waals surface area (Å²) in [5, 5.41) is 9.48. The topological polar surface area (TPSA) is 94.8 Å². The van der Waals surface area contributed by atoms with Gasteiger partial charge < -0.3 is 9.30 Å². The monoisotopic (exact) mass is 441 g/mol. The van der Waals surface area contributed by atoms with Crippen LogP contribution in [0.5, 0.6) is 0 Å². The van der Waals surface area contributed by atoms with Crippen LogP contribution in [0.3, 0.4) is 0 Å². The molecule has 0 saturated carbocycles. The number of aromatic nitrogens is 4. The standard InChI is InChI=1S/C25H23N5O3/c1-17-7-2-5-11-21(17)30-23-22(24(31)29(25(30)32)15-20-10-6-12-33-20)28(16-27-23)14-19-9-4-3-8-18(19)13-26/h2-5,7-9,11,16,20H,6,10,12,14-15H2,1H3. The lowest BCUT2D eigenvalue weighted by atomic mass is 10.1. The highest BCUT2D eigenvalue weighted by molar-refractivity contribution is 5.73. The molecule has 166 valence electrons. The molecule has 0 N–H and O–H groups in total. The fraction of sp³-hybridized carbons (Fsp3) is 0.280. The molecule has 5 rings (SSSR count). The third-order valence-corrected chi connectivity index (χ3v) is 6.15. The van der Waals surface area contributed by atoms with Gasteiger partial charge in [-0.25, -0.2) is 14.3 Å². The SMILES string of the molecule is Cc1ccccc1-n1c(=O)n(CC2CCCO2)c(=O)c2c1ncn2Cc1ccccc1C#N. The molecule has 3 heterocycles. The normalized spacial score (nSPS) is 15.7. The molecule has 2 aromatic carbocycles. The van der Waals surface area contributed by atoms with E-state index in [1.54, 1.807) is 23.0 Å². The van der Waals surface area contributed by atoms with Gasteiger partial charge in [-0.05, 0) is 43.0 Å². The molecule has 33 heavy (non-hydrogen) atoms. The minimum atomic E-state index is -0.431. The maximum Gasteiger partial charge on any atom is 0.337 e. The number of aryl methyl sites for hydroxylation is 1. The first kappa shape index (κ1) is 20.9. The van der Waals surface area contributed by atoms with Crippen molar-refractivity contribution in [1.29, 1.82) is 5.26 Å². The molecule has 8 heteroatoms. The Balaban J connectivity index is 1.76. The van der Waals surface area contributed by atoms with Crippen molar-refractivity contribution in [1.82, 2.24) is 18.7 Å². The Labute approximate surface area is 189 Å². The van der Waals surface area contributed by atoms with Crippen molar-refractivity contribution in [2.24, 2.45) is 0 Å². The van der Waals surface area contributed by atoms with Gasteiger partial charge in [0.15, 0.2) is 11.2 Å². The summed E-state index contributed by atoms with van der Waals surface area (Å²) in [6.45, 7) is 3.04. The molecule has 4 aromatic rings. The van der Waals surface area contributed by atoms with Gasteiger partial charge in [-0.15, -0.1) is 0 Å². The van der Waals surface area contributed by atoms with Crippen molar-refractivity contribution in [2.75, 3.05) is 6.61 Å². The molecule has 1 saturated heterocycles. The zero-order valence-corrected chi connectivity index (χ0v) is 18.3. The van der Waals surface area contributed by atoms with Gasteiger partial charge in [-0.2, -0.15) is 5.26 Å². The van der Waals surface area contributed by atoms with Crippen LogP contribution in [0.15, 0.2) is 64.4 Å². The molecule has 1 atom stereocenters. The number of ether oxygens (including phenoxy) is 1. The average Bonchev–Trinajstić information content (AvgIpc) is 3.49. The number of hydrogen-bond acceptors (Lipinski definition) is 5. The summed E-state index contributed by atoms with van der Waals surface area (Å²) in [5.74, 6) is 0. The van der Waals surface area contributed by atoms with E-state index >= 15 is 0 Å². The molecule has 1 aliphatic rings. The molecule has 0 bridgehead atoms. The van der Waals surface area contributed by atoms with E-state index in [0.29, 0.717) is 35.6 Å². The van der Waals surface area contributed by atoms with Crippen LogP contribution in [0.2, 0.25) is 0 Å². The fourth-order valence-corrected chi connectivity index (χ4v) is 4.43. The Morgan fingerprint density at radius 2 is 1.94 bits per heavy atom. The van der Waals surface area contributed by atoms with Crippen molar-refractivity contribution in [3.8, 4) is 11.8 Å². The maximum absolute atomic E-state index is 13.6. The van der Waals surface area contributed by atoms with Crippen molar-refractivity contribution in [3.05, 3.63) is 92.4 Å². The summed E-state index contributed by atoms with van der Waals surface area (Å²) in [4.78, 5) is 31.7. The molecule has 8 nitrogen and oxygen atoms in total. The molecule has 0 radical (unpaired) electrons. The molecule has 1 fully saturated rings. The maximum atomic E-state index is 13.6. The average molecular weight is 441 g/mol. The van der Waals surface area contributed by atoms with Crippen LogP contribution in [-0.2, 0) is 17.8 Å². The van der Waals surface area contributed by atoms with Crippen LogP contribution in [-0.4, -0.2) is 31.4 Å². The zero-order chi connectivity index (χ0) is 22.9. The third kappa shape index (κ3) is 3.66. The van der Waals surface area contributed by atoms with Gasteiger partial charge >= 0.3 is 5.69 Å². The fourth-order valence-electron chi connectivity index (χ4n) is 4.43. The predicted octanol–water partition coefficient (Wildman–Crippen LogP) is 2.76. The number of rotatable bonds is 5. The molecule has 0 aliphatic carbocycles. The van der Waals surface area contributed by atoms with E-state index < -0.39 is 11.2 Å². The summed E-state index contributed by atoms with van der Waals surface area (Å²) in [5.41, 5.74) is 2.68. The van der Waals surface area contributed by atoms with E-state index in [1.807, 2.05) is 43.3 Å². The third-order valence-electron chi connectivity index (χ3n) is 6.15. The largest absolute Gasteiger partial charge is 0.376 e. The highest BCUT2D eigenvalue weighted by Gasteiger charge is 2.24. The number of benzene rings is 2. The quantitative estimate of drug-likeness (QED) is 0.475. The Hall–Kier alpha value is -3.96. The Morgan fingerprint density at radius 1 is 1.15 bits per heavy atom. The smallest absolute Gasteiger partial charge is 0.337 e. The second-order valence-electron chi connectivity index (χ2n) is 8.27. The Morgan fingerprint density at radius 3 is 2.70 bits per heavy atom. The van der Waals surface area contributed by atoms with E-state index in [4.69, 9.17) is 4.74 Å². The molecule has 1 unspecified atom stereocenters. The highest BCUT2D eigenvalue weighted by atomic mass is 16.5. The van der Waals surface area contributed by atoms with Gasteiger partial charge in [-0.1, -0.05) is 36.4 Å². The van der Waals surface area contributed by atoms with E-state index in [0.717, 1.165) is 24.0 Å². The molecule has 0 amide bonds. The van der Waals surface area contributed by atoms with Crippen molar-refractivity contribution in [3.63, 3.8) is 0 Å². The van der Waals surface area contributed by atoms with E-state index in [2.05, 4.69) is 11.1 Å². The Bertz CT molecular complexity index is 1500. The summed E-state index contributed by atoms with van der Waals surface area (Å²) < 4.78 is 10.2. The van der Waals surface area contributed by atoms with Gasteiger partial charge in [0, 0.05) is 6.61 Å². The van der Waals surface area contributed by atoms with Crippen LogP contribution in [0.1, 0.15) is 29.5 Å². The number of hydrogen-bond donors (Lipinski definition) is 0. The number of nitrogens with zero attached hydrogens (tertiary/aromatic N) is 5. The zero-order valence-electron chi connectivity index (χ0n) is 18.3. The lowest BCUT2D eigenvalue weighted by molar-refractivity contribution is 0.0950. The van der Waals surface area contributed by atoms with Crippen molar-refractivity contribution in [2.45, 2.75) is 39.0 Å². The number of para-hydroxylation sites is 1. The van der Waals surface area contributed by atoms with Crippen molar-refractivity contribution >= 4 is 11.2 Å². The first-order valence-corrected chi connectivity index (χ1v) is 10.9.